The van der Waals surface area contributed by atoms with Crippen LogP contribution in [0.5, 0.6) is 5.75 Å². The Balaban J connectivity index is 0.000000230. The van der Waals surface area contributed by atoms with E-state index in [1.54, 1.807) is 48.5 Å². The summed E-state index contributed by atoms with van der Waals surface area (Å²) in [6.45, 7) is 0. The molecule has 216 valence electrons. The number of benzene rings is 2. The second-order valence-electron chi connectivity index (χ2n) is 7.98. The highest BCUT2D eigenvalue weighted by Gasteiger charge is 2.20. The van der Waals surface area contributed by atoms with Crippen LogP contribution in [-0.4, -0.2) is 51.1 Å². The highest BCUT2D eigenvalue weighted by molar-refractivity contribution is 6.30. The van der Waals surface area contributed by atoms with Crippen molar-refractivity contribution >= 4 is 57.9 Å². The molecule has 2 aromatic carbocycles. The zero-order valence-electron chi connectivity index (χ0n) is 21.8. The molecule has 0 radical (unpaired) electrons. The summed E-state index contributed by atoms with van der Waals surface area (Å²) < 4.78 is 9.51. The topological polar surface area (TPSA) is 209 Å². The first kappa shape index (κ1) is 30.7. The second-order valence-corrected chi connectivity index (χ2v) is 8.42. The van der Waals surface area contributed by atoms with Crippen LogP contribution in [0.4, 0.5) is 34.4 Å². The van der Waals surface area contributed by atoms with Crippen LogP contribution < -0.4 is 15.4 Å². The number of esters is 1. The Bertz CT molecular complexity index is 1630. The number of carboxylic acid groups (broad SMARTS) is 1. The van der Waals surface area contributed by atoms with Crippen molar-refractivity contribution in [2.24, 2.45) is 0 Å². The van der Waals surface area contributed by atoms with Gasteiger partial charge in [-0.3, -0.25) is 20.2 Å². The first-order chi connectivity index (χ1) is 20.0. The normalized spacial score (nSPS) is 9.98. The zero-order chi connectivity index (χ0) is 30.8. The molecule has 4 rings (SSSR count). The van der Waals surface area contributed by atoms with Crippen LogP contribution in [0, 0.1) is 20.2 Å². The maximum Gasteiger partial charge on any atom is 0.339 e. The maximum absolute atomic E-state index is 11.4. The number of carbonyl (C=O) groups excluding carboxylic acids is 1. The fourth-order valence-electron chi connectivity index (χ4n) is 3.24. The molecule has 0 amide bonds. The number of aromatic carboxylic acids is 1. The summed E-state index contributed by atoms with van der Waals surface area (Å²) in [5.74, 6) is -1.35. The highest BCUT2D eigenvalue weighted by atomic mass is 35.5. The van der Waals surface area contributed by atoms with Gasteiger partial charge >= 0.3 is 23.3 Å². The molecule has 16 heteroatoms. The minimum atomic E-state index is -1.28. The number of ether oxygens (including phenoxy) is 2. The third kappa shape index (κ3) is 8.09. The van der Waals surface area contributed by atoms with Gasteiger partial charge in [0, 0.05) is 40.9 Å². The smallest absolute Gasteiger partial charge is 0.339 e. The molecule has 0 aliphatic rings. The number of hydrogen-bond donors (Lipinski definition) is 3. The van der Waals surface area contributed by atoms with Crippen molar-refractivity contribution in [1.29, 1.82) is 0 Å². The molecule has 0 unspecified atom stereocenters. The quantitative estimate of drug-likeness (QED) is 0.122. The molecule has 0 saturated carbocycles. The summed E-state index contributed by atoms with van der Waals surface area (Å²) >= 11 is 5.84. The fourth-order valence-corrected chi connectivity index (χ4v) is 3.43. The molecular weight excluding hydrogens is 576 g/mol. The van der Waals surface area contributed by atoms with Crippen molar-refractivity contribution in [3.05, 3.63) is 109 Å². The van der Waals surface area contributed by atoms with Gasteiger partial charge in [-0.15, -0.1) is 0 Å². The molecule has 0 aliphatic carbocycles. The third-order valence-corrected chi connectivity index (χ3v) is 5.47. The predicted octanol–water partition coefficient (Wildman–Crippen LogP) is 5.61. The van der Waals surface area contributed by atoms with E-state index >= 15 is 0 Å². The lowest BCUT2D eigenvalue weighted by molar-refractivity contribution is -0.384. The first-order valence-electron chi connectivity index (χ1n) is 11.6. The van der Waals surface area contributed by atoms with Gasteiger partial charge in [-0.1, -0.05) is 17.7 Å². The molecule has 0 spiro atoms. The lowest BCUT2D eigenvalue weighted by atomic mass is 10.2. The fraction of sp³-hybridized carbons (Fsp3) is 0.0769. The second kappa shape index (κ2) is 14.0. The molecule has 4 aromatic rings. The number of rotatable bonds is 9. The van der Waals surface area contributed by atoms with E-state index in [4.69, 9.17) is 21.4 Å². The SMILES string of the molecule is COC(=O)c1cnc(Nc2cccc(Cl)c2)c([N+](=O)[O-])c1.COc1ccc(Nc2ncc(C(=O)O)cc2[N+](=O)[O-])cc1. The maximum atomic E-state index is 11.4. The monoisotopic (exact) mass is 596 g/mol. The third-order valence-electron chi connectivity index (χ3n) is 5.24. The van der Waals surface area contributed by atoms with Gasteiger partial charge < -0.3 is 25.2 Å². The van der Waals surface area contributed by atoms with Crippen molar-refractivity contribution in [2.75, 3.05) is 24.9 Å². The van der Waals surface area contributed by atoms with Crippen molar-refractivity contribution in [3.8, 4) is 5.75 Å². The molecule has 0 atom stereocenters. The first-order valence-corrected chi connectivity index (χ1v) is 11.9. The molecule has 2 heterocycles. The van der Waals surface area contributed by atoms with Gasteiger partial charge in [0.25, 0.3) is 0 Å². The summed E-state index contributed by atoms with van der Waals surface area (Å²) in [6, 6.07) is 15.4. The number of aromatic nitrogens is 2. The van der Waals surface area contributed by atoms with E-state index in [1.165, 1.54) is 20.4 Å². The van der Waals surface area contributed by atoms with Gasteiger partial charge in [-0.2, -0.15) is 0 Å². The number of nitrogens with zero attached hydrogens (tertiary/aromatic N) is 4. The zero-order valence-corrected chi connectivity index (χ0v) is 22.6. The minimum absolute atomic E-state index is 0.000782. The molecular formula is C26H21ClN6O9. The molecule has 42 heavy (non-hydrogen) atoms. The average Bonchev–Trinajstić information content (AvgIpc) is 2.97. The molecule has 0 bridgehead atoms. The van der Waals surface area contributed by atoms with E-state index < -0.39 is 27.5 Å². The van der Waals surface area contributed by atoms with Crippen LogP contribution in [-0.2, 0) is 4.74 Å². The summed E-state index contributed by atoms with van der Waals surface area (Å²) in [5, 5.41) is 37.0. The molecule has 3 N–H and O–H groups in total. The number of hydrogen-bond acceptors (Lipinski definition) is 12. The van der Waals surface area contributed by atoms with Gasteiger partial charge in [0.15, 0.2) is 0 Å². The van der Waals surface area contributed by atoms with Gasteiger partial charge in [0.1, 0.15) is 5.75 Å². The number of nitro groups is 2. The van der Waals surface area contributed by atoms with E-state index in [0.717, 1.165) is 18.3 Å². The van der Waals surface area contributed by atoms with Crippen LogP contribution in [0.25, 0.3) is 0 Å². The number of carboxylic acids is 1. The molecule has 2 aromatic heterocycles. The Morgan fingerprint density at radius 3 is 1.88 bits per heavy atom. The Kier molecular flexibility index (Phi) is 10.2. The van der Waals surface area contributed by atoms with Crippen LogP contribution >= 0.6 is 11.6 Å². The summed E-state index contributed by atoms with van der Waals surface area (Å²) in [4.78, 5) is 50.7. The van der Waals surface area contributed by atoms with Gasteiger partial charge in [0.05, 0.1) is 35.2 Å². The van der Waals surface area contributed by atoms with E-state index in [9.17, 15) is 29.8 Å². The number of carbonyl (C=O) groups is 2. The van der Waals surface area contributed by atoms with Crippen molar-refractivity contribution < 1.29 is 34.0 Å². The number of anilines is 4. The van der Waals surface area contributed by atoms with Gasteiger partial charge in [-0.05, 0) is 42.5 Å². The molecule has 15 nitrogen and oxygen atoms in total. The number of halogens is 1. The van der Waals surface area contributed by atoms with Crippen LogP contribution in [0.1, 0.15) is 20.7 Å². The number of nitrogens with one attached hydrogen (secondary N) is 2. The van der Waals surface area contributed by atoms with Crippen LogP contribution in [0.3, 0.4) is 0 Å². The summed E-state index contributed by atoms with van der Waals surface area (Å²) in [7, 11) is 2.71. The Hall–Kier alpha value is -5.83. The van der Waals surface area contributed by atoms with E-state index in [-0.39, 0.29) is 28.5 Å². The van der Waals surface area contributed by atoms with Gasteiger partial charge in [-0.25, -0.2) is 19.6 Å². The Morgan fingerprint density at radius 2 is 1.38 bits per heavy atom. The predicted molar refractivity (Wildman–Crippen MR) is 151 cm³/mol. The lowest BCUT2D eigenvalue weighted by Gasteiger charge is -2.07. The number of methoxy groups -OCH3 is 2. The van der Waals surface area contributed by atoms with E-state index in [1.807, 2.05) is 0 Å². The number of pyridine rings is 2. The van der Waals surface area contributed by atoms with E-state index in [2.05, 4.69) is 25.3 Å². The molecule has 0 fully saturated rings. The van der Waals surface area contributed by atoms with Crippen molar-refractivity contribution in [1.82, 2.24) is 9.97 Å². The Morgan fingerprint density at radius 1 is 0.833 bits per heavy atom. The van der Waals surface area contributed by atoms with Crippen molar-refractivity contribution in [2.45, 2.75) is 0 Å². The van der Waals surface area contributed by atoms with E-state index in [0.29, 0.717) is 22.1 Å². The lowest BCUT2D eigenvalue weighted by Crippen LogP contribution is -2.06. The molecule has 0 saturated heterocycles. The summed E-state index contributed by atoms with van der Waals surface area (Å²) in [6.07, 6.45) is 2.26. The van der Waals surface area contributed by atoms with Crippen LogP contribution in [0.2, 0.25) is 5.02 Å². The standard InChI is InChI=1S/C13H10ClN3O4.C13H11N3O5/c1-21-13(18)8-5-11(17(19)20)12(15-7-8)16-10-4-2-3-9(14)6-10;1-21-10-4-2-9(3-5-10)15-12-11(16(19)20)6-8(7-14-12)13(17)18/h2-7H,1H3,(H,15,16);2-7H,1H3,(H,14,15)(H,17,18). The summed E-state index contributed by atoms with van der Waals surface area (Å²) in [5.41, 5.74) is 0.116. The van der Waals surface area contributed by atoms with Crippen molar-refractivity contribution in [3.63, 3.8) is 0 Å². The molecule has 0 aliphatic heterocycles. The van der Waals surface area contributed by atoms with Gasteiger partial charge in [0.2, 0.25) is 11.6 Å². The van der Waals surface area contributed by atoms with Crippen LogP contribution in [0.15, 0.2) is 73.1 Å². The Labute approximate surface area is 242 Å². The highest BCUT2D eigenvalue weighted by Crippen LogP contribution is 2.28. The average molecular weight is 597 g/mol. The minimum Gasteiger partial charge on any atom is -0.497 e. The largest absolute Gasteiger partial charge is 0.497 e.